The molecule has 0 spiro atoms. The van der Waals surface area contributed by atoms with Crippen LogP contribution in [0.15, 0.2) is 95.5 Å². The highest BCUT2D eigenvalue weighted by atomic mass is 35.5. The van der Waals surface area contributed by atoms with Crippen LogP contribution in [0.25, 0.3) is 10.9 Å². The minimum atomic E-state index is -3.85. The van der Waals surface area contributed by atoms with Crippen LogP contribution in [0, 0.1) is 6.92 Å². The van der Waals surface area contributed by atoms with E-state index in [0.717, 1.165) is 22.1 Å². The molecule has 0 bridgehead atoms. The third-order valence-corrected chi connectivity index (χ3v) is 7.80. The zero-order valence-electron chi connectivity index (χ0n) is 19.7. The predicted octanol–water partition coefficient (Wildman–Crippen LogP) is 6.48. The summed E-state index contributed by atoms with van der Waals surface area (Å²) in [5, 5.41) is 1.36. The molecule has 0 radical (unpaired) electrons. The number of halogens is 1. The lowest BCUT2D eigenvalue weighted by atomic mass is 9.89. The minimum Gasteiger partial charge on any atom is -0.463 e. The van der Waals surface area contributed by atoms with E-state index in [9.17, 15) is 13.2 Å². The molecule has 35 heavy (non-hydrogen) atoms. The second kappa shape index (κ2) is 10.1. The number of esters is 1. The quantitative estimate of drug-likeness (QED) is 0.212. The van der Waals surface area contributed by atoms with Gasteiger partial charge in [-0.15, -0.1) is 0 Å². The van der Waals surface area contributed by atoms with E-state index in [2.05, 4.69) is 0 Å². The number of para-hydroxylation sites is 1. The number of aryl methyl sites for hydroxylation is 1. The molecule has 7 heteroatoms. The largest absolute Gasteiger partial charge is 0.463 e. The average Bonchev–Trinajstić information content (AvgIpc) is 3.24. The van der Waals surface area contributed by atoms with Crippen molar-refractivity contribution in [2.45, 2.75) is 31.6 Å². The van der Waals surface area contributed by atoms with Gasteiger partial charge in [0, 0.05) is 28.1 Å². The Hall–Kier alpha value is -3.35. The number of benzene rings is 3. The van der Waals surface area contributed by atoms with Gasteiger partial charge in [-0.25, -0.2) is 17.2 Å². The Morgan fingerprint density at radius 2 is 1.69 bits per heavy atom. The number of nitrogens with zero attached hydrogens (tertiary/aromatic N) is 1. The third-order valence-electron chi connectivity index (χ3n) is 5.86. The van der Waals surface area contributed by atoms with Gasteiger partial charge in [0.05, 0.1) is 17.0 Å². The Morgan fingerprint density at radius 1 is 1.03 bits per heavy atom. The SMILES string of the molecule is CCOC(=O)/C(C)=C/C(c1ccc(Cl)cc1)c1cn(S(=O)(=O)c2ccc(C)cc2)c2ccccc12. The number of allylic oxidation sites excluding steroid dienone is 1. The van der Waals surface area contributed by atoms with Crippen LogP contribution in [-0.2, 0) is 19.6 Å². The summed E-state index contributed by atoms with van der Waals surface area (Å²) < 4.78 is 33.8. The van der Waals surface area contributed by atoms with Crippen LogP contribution in [0.5, 0.6) is 0 Å². The lowest BCUT2D eigenvalue weighted by molar-refractivity contribution is -0.138. The number of carbonyl (C=O) groups is 1. The first kappa shape index (κ1) is 24.8. The fourth-order valence-electron chi connectivity index (χ4n) is 4.04. The maximum Gasteiger partial charge on any atom is 0.333 e. The molecule has 0 aliphatic heterocycles. The highest BCUT2D eigenvalue weighted by molar-refractivity contribution is 7.90. The van der Waals surface area contributed by atoms with Gasteiger partial charge in [-0.05, 0) is 62.2 Å². The van der Waals surface area contributed by atoms with Crippen molar-refractivity contribution in [3.8, 4) is 0 Å². The second-order valence-corrected chi connectivity index (χ2v) is 10.6. The van der Waals surface area contributed by atoms with Crippen molar-refractivity contribution >= 4 is 38.5 Å². The summed E-state index contributed by atoms with van der Waals surface area (Å²) in [5.41, 5.74) is 3.59. The molecule has 0 saturated carbocycles. The lowest BCUT2D eigenvalue weighted by Gasteiger charge is -2.15. The summed E-state index contributed by atoms with van der Waals surface area (Å²) in [6.07, 6.45) is 3.46. The van der Waals surface area contributed by atoms with Gasteiger partial charge < -0.3 is 4.74 Å². The summed E-state index contributed by atoms with van der Waals surface area (Å²) in [7, 11) is -3.85. The molecule has 4 rings (SSSR count). The molecule has 0 aliphatic carbocycles. The van der Waals surface area contributed by atoms with Crippen molar-refractivity contribution in [2.24, 2.45) is 0 Å². The predicted molar refractivity (Wildman–Crippen MR) is 139 cm³/mol. The van der Waals surface area contributed by atoms with Gasteiger partial charge in [-0.3, -0.25) is 0 Å². The maximum absolute atomic E-state index is 13.6. The number of ether oxygens (including phenoxy) is 1. The van der Waals surface area contributed by atoms with E-state index < -0.39 is 21.9 Å². The normalized spacial score (nSPS) is 13.1. The van der Waals surface area contributed by atoms with E-state index >= 15 is 0 Å². The van der Waals surface area contributed by atoms with Gasteiger partial charge in [0.25, 0.3) is 10.0 Å². The van der Waals surface area contributed by atoms with E-state index in [4.69, 9.17) is 16.3 Å². The number of carbonyl (C=O) groups excluding carboxylic acids is 1. The van der Waals surface area contributed by atoms with Crippen molar-refractivity contribution in [3.05, 3.63) is 112 Å². The van der Waals surface area contributed by atoms with E-state index in [-0.39, 0.29) is 11.5 Å². The zero-order chi connectivity index (χ0) is 25.2. The highest BCUT2D eigenvalue weighted by Gasteiger charge is 2.25. The van der Waals surface area contributed by atoms with Gasteiger partial charge in [-0.1, -0.05) is 65.7 Å². The number of rotatable bonds is 7. The van der Waals surface area contributed by atoms with Gasteiger partial charge >= 0.3 is 5.97 Å². The molecule has 4 aromatic rings. The molecule has 3 aromatic carbocycles. The second-order valence-electron chi connectivity index (χ2n) is 8.31. The van der Waals surface area contributed by atoms with Crippen molar-refractivity contribution in [2.75, 3.05) is 6.61 Å². The standard InChI is InChI=1S/C28H26ClNO4S/c1-4-34-28(31)20(3)17-25(21-11-13-22(29)14-12-21)26-18-30(27-8-6-5-7-24(26)27)35(32,33)23-15-9-19(2)10-16-23/h5-18,25H,4H2,1-3H3/b20-17+. The first-order chi connectivity index (χ1) is 16.7. The van der Waals surface area contributed by atoms with Gasteiger partial charge in [0.1, 0.15) is 0 Å². The van der Waals surface area contributed by atoms with E-state index in [1.165, 1.54) is 3.97 Å². The van der Waals surface area contributed by atoms with Crippen LogP contribution < -0.4 is 0 Å². The third kappa shape index (κ3) is 5.04. The molecular weight excluding hydrogens is 482 g/mol. The van der Waals surface area contributed by atoms with Crippen molar-refractivity contribution in [3.63, 3.8) is 0 Å². The van der Waals surface area contributed by atoms with Crippen molar-refractivity contribution in [1.29, 1.82) is 0 Å². The zero-order valence-corrected chi connectivity index (χ0v) is 21.3. The van der Waals surface area contributed by atoms with Gasteiger partial charge in [0.2, 0.25) is 0 Å². The van der Waals surface area contributed by atoms with Crippen LogP contribution in [0.2, 0.25) is 5.02 Å². The Bertz CT molecular complexity index is 1500. The minimum absolute atomic E-state index is 0.205. The molecule has 0 fully saturated rings. The lowest BCUT2D eigenvalue weighted by Crippen LogP contribution is -2.12. The Labute approximate surface area is 210 Å². The van der Waals surface area contributed by atoms with Crippen LogP contribution in [0.1, 0.15) is 36.5 Å². The molecule has 0 amide bonds. The topological polar surface area (TPSA) is 65.4 Å². The molecule has 1 heterocycles. The fraction of sp³-hybridized carbons (Fsp3) is 0.179. The van der Waals surface area contributed by atoms with Crippen LogP contribution in [0.4, 0.5) is 0 Å². The van der Waals surface area contributed by atoms with E-state index in [1.54, 1.807) is 62.5 Å². The molecule has 1 atom stereocenters. The first-order valence-electron chi connectivity index (χ1n) is 11.3. The van der Waals surface area contributed by atoms with Crippen molar-refractivity contribution in [1.82, 2.24) is 3.97 Å². The maximum atomic E-state index is 13.6. The Kier molecular flexibility index (Phi) is 7.15. The van der Waals surface area contributed by atoms with Crippen LogP contribution >= 0.6 is 11.6 Å². The molecule has 5 nitrogen and oxygen atoms in total. The van der Waals surface area contributed by atoms with E-state index in [0.29, 0.717) is 16.1 Å². The fourth-order valence-corrected chi connectivity index (χ4v) is 5.55. The Balaban J connectivity index is 1.95. The monoisotopic (exact) mass is 507 g/mol. The molecule has 0 aliphatic rings. The molecule has 1 unspecified atom stereocenters. The average molecular weight is 508 g/mol. The summed E-state index contributed by atoms with van der Waals surface area (Å²) in [6, 6.07) is 21.4. The van der Waals surface area contributed by atoms with Crippen molar-refractivity contribution < 1.29 is 17.9 Å². The number of hydrogen-bond acceptors (Lipinski definition) is 4. The molecule has 0 N–H and O–H groups in total. The van der Waals surface area contributed by atoms with E-state index in [1.807, 2.05) is 43.3 Å². The summed E-state index contributed by atoms with van der Waals surface area (Å²) >= 11 is 6.12. The summed E-state index contributed by atoms with van der Waals surface area (Å²) in [5.74, 6) is -0.821. The summed E-state index contributed by atoms with van der Waals surface area (Å²) in [6.45, 7) is 5.63. The molecule has 1 aromatic heterocycles. The van der Waals surface area contributed by atoms with Gasteiger partial charge in [0.15, 0.2) is 0 Å². The number of aromatic nitrogens is 1. The van der Waals surface area contributed by atoms with Crippen LogP contribution in [0.3, 0.4) is 0 Å². The highest BCUT2D eigenvalue weighted by Crippen LogP contribution is 2.36. The smallest absolute Gasteiger partial charge is 0.333 e. The van der Waals surface area contributed by atoms with Crippen LogP contribution in [-0.4, -0.2) is 25.0 Å². The summed E-state index contributed by atoms with van der Waals surface area (Å²) in [4.78, 5) is 12.6. The number of hydrogen-bond donors (Lipinski definition) is 0. The van der Waals surface area contributed by atoms with Gasteiger partial charge in [-0.2, -0.15) is 0 Å². The first-order valence-corrected chi connectivity index (χ1v) is 13.1. The molecular formula is C28H26ClNO4S. The number of fused-ring (bicyclic) bond motifs is 1. The molecule has 0 saturated heterocycles. The Morgan fingerprint density at radius 3 is 2.34 bits per heavy atom. The molecule has 180 valence electrons.